The van der Waals surface area contributed by atoms with Crippen LogP contribution in [0.1, 0.15) is 51.6 Å². The van der Waals surface area contributed by atoms with Gasteiger partial charge in [0, 0.05) is 44.0 Å². The van der Waals surface area contributed by atoms with E-state index in [1.54, 1.807) is 17.7 Å². The minimum atomic E-state index is 0.00977. The van der Waals surface area contributed by atoms with Crippen molar-refractivity contribution >= 4 is 17.5 Å². The van der Waals surface area contributed by atoms with Crippen LogP contribution in [0.5, 0.6) is 0 Å². The lowest BCUT2D eigenvalue weighted by atomic mass is 9.88. The molecule has 7 heteroatoms. The third-order valence-corrected chi connectivity index (χ3v) is 6.65. The van der Waals surface area contributed by atoms with E-state index in [1.807, 2.05) is 41.0 Å². The SMILES string of the molecule is CCN1CCNc2cc(C(=O)N3CCC(Cc4ccccc4CNF)CC3)ccc2C1=O. The van der Waals surface area contributed by atoms with Crippen LogP contribution >= 0.6 is 0 Å². The van der Waals surface area contributed by atoms with Gasteiger partial charge >= 0.3 is 0 Å². The van der Waals surface area contributed by atoms with E-state index in [0.29, 0.717) is 49.8 Å². The molecule has 2 heterocycles. The van der Waals surface area contributed by atoms with Crippen LogP contribution in [-0.4, -0.2) is 54.3 Å². The van der Waals surface area contributed by atoms with Crippen molar-refractivity contribution in [3.05, 3.63) is 64.7 Å². The molecule has 0 aliphatic carbocycles. The number of carbonyl (C=O) groups is 2. The van der Waals surface area contributed by atoms with Gasteiger partial charge in [-0.05, 0) is 61.4 Å². The van der Waals surface area contributed by atoms with Gasteiger partial charge < -0.3 is 15.1 Å². The normalized spacial score (nSPS) is 17.0. The van der Waals surface area contributed by atoms with E-state index in [-0.39, 0.29) is 18.4 Å². The predicted octanol–water partition coefficient (Wildman–Crippen LogP) is 3.64. The van der Waals surface area contributed by atoms with Gasteiger partial charge in [0.05, 0.1) is 12.1 Å². The van der Waals surface area contributed by atoms with Gasteiger partial charge in [0.15, 0.2) is 0 Å². The molecule has 2 aromatic carbocycles. The molecule has 0 atom stereocenters. The summed E-state index contributed by atoms with van der Waals surface area (Å²) in [4.78, 5) is 29.5. The van der Waals surface area contributed by atoms with Gasteiger partial charge in [-0.2, -0.15) is 5.54 Å². The molecule has 2 aliphatic heterocycles. The minimum absolute atomic E-state index is 0.00977. The maximum Gasteiger partial charge on any atom is 0.256 e. The summed E-state index contributed by atoms with van der Waals surface area (Å²) in [6.45, 7) is 5.62. The fraction of sp³-hybridized carbons (Fsp3) is 0.440. The van der Waals surface area contributed by atoms with Crippen LogP contribution in [-0.2, 0) is 13.0 Å². The highest BCUT2D eigenvalue weighted by Crippen LogP contribution is 2.27. The molecule has 2 aromatic rings. The van der Waals surface area contributed by atoms with E-state index in [4.69, 9.17) is 0 Å². The standard InChI is InChI=1S/C25H31FN4O2/c1-2-29-14-11-27-23-16-20(7-8-22(23)25(29)32)24(31)30-12-9-18(10-13-30)15-19-5-3-4-6-21(19)17-28-26/h3-8,16,18,27-28H,2,9-15,17H2,1H3. The average Bonchev–Trinajstić information content (AvgIpc) is 2.98. The summed E-state index contributed by atoms with van der Waals surface area (Å²) in [7, 11) is 0. The molecule has 0 spiro atoms. The van der Waals surface area contributed by atoms with Crippen LogP contribution in [0.15, 0.2) is 42.5 Å². The van der Waals surface area contributed by atoms with Crippen molar-refractivity contribution in [1.82, 2.24) is 15.3 Å². The Kier molecular flexibility index (Phi) is 7.05. The average molecular weight is 439 g/mol. The van der Waals surface area contributed by atoms with E-state index in [1.165, 1.54) is 5.56 Å². The van der Waals surface area contributed by atoms with Crippen molar-refractivity contribution in [3.8, 4) is 0 Å². The molecule has 2 amide bonds. The van der Waals surface area contributed by atoms with Crippen LogP contribution in [0.2, 0.25) is 0 Å². The van der Waals surface area contributed by atoms with Gasteiger partial charge in [0.25, 0.3) is 11.8 Å². The van der Waals surface area contributed by atoms with Crippen molar-refractivity contribution < 1.29 is 14.1 Å². The highest BCUT2D eigenvalue weighted by molar-refractivity contribution is 6.03. The highest BCUT2D eigenvalue weighted by atomic mass is 19.2. The molecule has 0 aromatic heterocycles. The highest BCUT2D eigenvalue weighted by Gasteiger charge is 2.26. The number of likely N-dealkylation sites (N-methyl/N-ethyl adjacent to an activating group) is 1. The molecular formula is C25H31FN4O2. The fourth-order valence-corrected chi connectivity index (χ4v) is 4.74. The molecule has 0 unspecified atom stereocenters. The Morgan fingerprint density at radius 1 is 1.12 bits per heavy atom. The molecular weight excluding hydrogens is 407 g/mol. The summed E-state index contributed by atoms with van der Waals surface area (Å²) >= 11 is 0. The number of halogens is 1. The second-order valence-electron chi connectivity index (χ2n) is 8.59. The Morgan fingerprint density at radius 3 is 2.59 bits per heavy atom. The van der Waals surface area contributed by atoms with E-state index >= 15 is 0 Å². The number of carbonyl (C=O) groups excluding carboxylic acids is 2. The largest absolute Gasteiger partial charge is 0.383 e. The number of hydrogen-bond donors (Lipinski definition) is 2. The first-order valence-corrected chi connectivity index (χ1v) is 11.5. The van der Waals surface area contributed by atoms with Crippen LogP contribution in [0.4, 0.5) is 10.2 Å². The molecule has 1 saturated heterocycles. The van der Waals surface area contributed by atoms with Crippen molar-refractivity contribution in [2.45, 2.75) is 32.7 Å². The number of nitrogens with one attached hydrogen (secondary N) is 2. The molecule has 2 N–H and O–H groups in total. The molecule has 6 nitrogen and oxygen atoms in total. The minimum Gasteiger partial charge on any atom is -0.383 e. The zero-order chi connectivity index (χ0) is 22.5. The Balaban J connectivity index is 1.39. The number of fused-ring (bicyclic) bond motifs is 1. The first-order valence-electron chi connectivity index (χ1n) is 11.5. The number of amides is 2. The summed E-state index contributed by atoms with van der Waals surface area (Å²) < 4.78 is 12.6. The second kappa shape index (κ2) is 10.1. The van der Waals surface area contributed by atoms with Gasteiger partial charge in [0.1, 0.15) is 0 Å². The summed E-state index contributed by atoms with van der Waals surface area (Å²) in [5.74, 6) is 0.501. The van der Waals surface area contributed by atoms with Crippen molar-refractivity contribution in [2.75, 3.05) is 38.0 Å². The molecule has 32 heavy (non-hydrogen) atoms. The number of benzene rings is 2. The first-order chi connectivity index (χ1) is 15.6. The molecule has 4 rings (SSSR count). The summed E-state index contributed by atoms with van der Waals surface area (Å²) in [5, 5.41) is 3.30. The van der Waals surface area contributed by atoms with Crippen LogP contribution in [0.25, 0.3) is 0 Å². The lowest BCUT2D eigenvalue weighted by Gasteiger charge is -2.32. The van der Waals surface area contributed by atoms with E-state index in [9.17, 15) is 14.1 Å². The third-order valence-electron chi connectivity index (χ3n) is 6.65. The fourth-order valence-electron chi connectivity index (χ4n) is 4.74. The van der Waals surface area contributed by atoms with Gasteiger partial charge in [-0.3, -0.25) is 9.59 Å². The first kappa shape index (κ1) is 22.3. The van der Waals surface area contributed by atoms with Gasteiger partial charge in [-0.25, -0.2) is 0 Å². The Labute approximate surface area is 188 Å². The molecule has 170 valence electrons. The lowest BCUT2D eigenvalue weighted by Crippen LogP contribution is -2.39. The quantitative estimate of drug-likeness (QED) is 0.676. The molecule has 2 aliphatic rings. The summed E-state index contributed by atoms with van der Waals surface area (Å²) in [5.41, 5.74) is 5.90. The zero-order valence-electron chi connectivity index (χ0n) is 18.6. The number of anilines is 1. The molecule has 0 saturated carbocycles. The topological polar surface area (TPSA) is 64.7 Å². The van der Waals surface area contributed by atoms with Crippen molar-refractivity contribution in [1.29, 1.82) is 0 Å². The number of nitrogens with zero attached hydrogens (tertiary/aromatic N) is 2. The van der Waals surface area contributed by atoms with Crippen LogP contribution < -0.4 is 10.9 Å². The van der Waals surface area contributed by atoms with Crippen molar-refractivity contribution in [2.24, 2.45) is 5.92 Å². The van der Waals surface area contributed by atoms with E-state index in [2.05, 4.69) is 11.4 Å². The lowest BCUT2D eigenvalue weighted by molar-refractivity contribution is 0.0689. The monoisotopic (exact) mass is 438 g/mol. The molecule has 0 bridgehead atoms. The van der Waals surface area contributed by atoms with Gasteiger partial charge in [0.2, 0.25) is 0 Å². The summed E-state index contributed by atoms with van der Waals surface area (Å²) in [6, 6.07) is 13.3. The Bertz CT molecular complexity index is 972. The number of piperidine rings is 1. The van der Waals surface area contributed by atoms with Gasteiger partial charge in [-0.15, -0.1) is 4.48 Å². The number of hydrogen-bond acceptors (Lipinski definition) is 4. The second-order valence-corrected chi connectivity index (χ2v) is 8.59. The third kappa shape index (κ3) is 4.78. The number of rotatable bonds is 6. The maximum atomic E-state index is 13.1. The summed E-state index contributed by atoms with van der Waals surface area (Å²) in [6.07, 6.45) is 2.76. The molecule has 0 radical (unpaired) electrons. The Hall–Kier alpha value is -2.93. The Morgan fingerprint density at radius 2 is 1.88 bits per heavy atom. The van der Waals surface area contributed by atoms with E-state index in [0.717, 1.165) is 30.5 Å². The number of likely N-dealkylation sites (tertiary alicyclic amines) is 1. The zero-order valence-corrected chi connectivity index (χ0v) is 18.6. The van der Waals surface area contributed by atoms with Gasteiger partial charge in [-0.1, -0.05) is 24.3 Å². The van der Waals surface area contributed by atoms with Crippen LogP contribution in [0.3, 0.4) is 0 Å². The maximum absolute atomic E-state index is 13.1. The van der Waals surface area contributed by atoms with E-state index < -0.39 is 0 Å². The van der Waals surface area contributed by atoms with Crippen LogP contribution in [0, 0.1) is 5.92 Å². The smallest absolute Gasteiger partial charge is 0.256 e. The predicted molar refractivity (Wildman–Crippen MR) is 123 cm³/mol. The molecule has 1 fully saturated rings. The van der Waals surface area contributed by atoms with Crippen molar-refractivity contribution in [3.63, 3.8) is 0 Å².